The van der Waals surface area contributed by atoms with E-state index in [4.69, 9.17) is 9.47 Å². The van der Waals surface area contributed by atoms with Crippen molar-refractivity contribution in [3.8, 4) is 11.5 Å². The number of benzene rings is 1. The molecule has 0 radical (unpaired) electrons. The predicted molar refractivity (Wildman–Crippen MR) is 72.6 cm³/mol. The van der Waals surface area contributed by atoms with Gasteiger partial charge in [0.25, 0.3) is 0 Å². The molecule has 0 aliphatic carbocycles. The third-order valence-electron chi connectivity index (χ3n) is 3.50. The van der Waals surface area contributed by atoms with E-state index in [0.717, 1.165) is 0 Å². The molecule has 1 atom stereocenters. The van der Waals surface area contributed by atoms with Crippen LogP contribution in [0.3, 0.4) is 0 Å². The van der Waals surface area contributed by atoms with Crippen LogP contribution in [0.5, 0.6) is 11.5 Å². The first-order chi connectivity index (χ1) is 9.49. The second kappa shape index (κ2) is 5.40. The molecule has 0 fully saturated rings. The van der Waals surface area contributed by atoms with Crippen LogP contribution in [0.2, 0.25) is 0 Å². The van der Waals surface area contributed by atoms with Crippen molar-refractivity contribution in [2.45, 2.75) is 19.3 Å². The van der Waals surface area contributed by atoms with Crippen molar-refractivity contribution >= 4 is 17.6 Å². The SMILES string of the molecule is COc1cc(OC)c2c(c1)C(C(=O)O)CCN2C(C)=O. The van der Waals surface area contributed by atoms with Gasteiger partial charge in [0.1, 0.15) is 11.5 Å². The van der Waals surface area contributed by atoms with E-state index < -0.39 is 11.9 Å². The first-order valence-corrected chi connectivity index (χ1v) is 6.26. The first kappa shape index (κ1) is 14.2. The molecule has 1 aliphatic heterocycles. The lowest BCUT2D eigenvalue weighted by atomic mass is 9.89. The molecule has 0 spiro atoms. The number of carbonyl (C=O) groups is 2. The number of amides is 1. The Kier molecular flexibility index (Phi) is 3.83. The molecule has 1 unspecified atom stereocenters. The van der Waals surface area contributed by atoms with Crippen LogP contribution < -0.4 is 14.4 Å². The summed E-state index contributed by atoms with van der Waals surface area (Å²) >= 11 is 0. The number of carbonyl (C=O) groups excluding carboxylic acids is 1. The number of fused-ring (bicyclic) bond motifs is 1. The molecular weight excluding hydrogens is 262 g/mol. The number of hydrogen-bond donors (Lipinski definition) is 1. The molecule has 0 saturated carbocycles. The lowest BCUT2D eigenvalue weighted by Crippen LogP contribution is -2.37. The molecular formula is C14H17NO5. The molecule has 1 N–H and O–H groups in total. The summed E-state index contributed by atoms with van der Waals surface area (Å²) in [7, 11) is 2.99. The van der Waals surface area contributed by atoms with Gasteiger partial charge in [-0.25, -0.2) is 0 Å². The summed E-state index contributed by atoms with van der Waals surface area (Å²) in [6.07, 6.45) is 0.373. The number of carboxylic acids is 1. The van der Waals surface area contributed by atoms with Crippen molar-refractivity contribution in [3.05, 3.63) is 17.7 Å². The van der Waals surface area contributed by atoms with Gasteiger partial charge in [-0.1, -0.05) is 0 Å². The Morgan fingerprint density at radius 3 is 2.50 bits per heavy atom. The third kappa shape index (κ3) is 2.29. The number of hydrogen-bond acceptors (Lipinski definition) is 4. The fourth-order valence-electron chi connectivity index (χ4n) is 2.53. The van der Waals surface area contributed by atoms with Crippen molar-refractivity contribution in [1.29, 1.82) is 0 Å². The Morgan fingerprint density at radius 2 is 2.00 bits per heavy atom. The molecule has 2 rings (SSSR count). The van der Waals surface area contributed by atoms with Gasteiger partial charge in [-0.2, -0.15) is 0 Å². The van der Waals surface area contributed by atoms with E-state index in [2.05, 4.69) is 0 Å². The highest BCUT2D eigenvalue weighted by Crippen LogP contribution is 2.44. The number of aliphatic carboxylic acids is 1. The monoisotopic (exact) mass is 279 g/mol. The molecule has 1 aromatic carbocycles. The van der Waals surface area contributed by atoms with E-state index in [9.17, 15) is 14.7 Å². The Bertz CT molecular complexity index is 555. The smallest absolute Gasteiger partial charge is 0.311 e. The fourth-order valence-corrected chi connectivity index (χ4v) is 2.53. The molecule has 0 bridgehead atoms. The van der Waals surface area contributed by atoms with Crippen LogP contribution in [-0.4, -0.2) is 37.7 Å². The van der Waals surface area contributed by atoms with Crippen LogP contribution in [0, 0.1) is 0 Å². The Balaban J connectivity index is 2.67. The van der Waals surface area contributed by atoms with E-state index in [1.54, 1.807) is 17.0 Å². The summed E-state index contributed by atoms with van der Waals surface area (Å²) < 4.78 is 10.5. The molecule has 20 heavy (non-hydrogen) atoms. The Hall–Kier alpha value is -2.24. The fraction of sp³-hybridized carbons (Fsp3) is 0.429. The maximum absolute atomic E-state index is 11.8. The highest BCUT2D eigenvalue weighted by Gasteiger charge is 2.34. The minimum absolute atomic E-state index is 0.140. The second-order valence-corrected chi connectivity index (χ2v) is 4.62. The average Bonchev–Trinajstić information content (AvgIpc) is 2.44. The van der Waals surface area contributed by atoms with Crippen LogP contribution in [0.25, 0.3) is 0 Å². The zero-order valence-corrected chi connectivity index (χ0v) is 11.7. The van der Waals surface area contributed by atoms with Crippen LogP contribution in [0.15, 0.2) is 12.1 Å². The molecule has 0 aromatic heterocycles. The Morgan fingerprint density at radius 1 is 1.30 bits per heavy atom. The predicted octanol–water partition coefficient (Wildman–Crippen LogP) is 1.63. The van der Waals surface area contributed by atoms with Crippen LogP contribution in [0.1, 0.15) is 24.8 Å². The summed E-state index contributed by atoms with van der Waals surface area (Å²) in [6, 6.07) is 3.31. The highest BCUT2D eigenvalue weighted by molar-refractivity contribution is 5.97. The summed E-state index contributed by atoms with van der Waals surface area (Å²) in [5.41, 5.74) is 1.08. The number of nitrogens with zero attached hydrogens (tertiary/aromatic N) is 1. The van der Waals surface area contributed by atoms with Gasteiger partial charge in [0, 0.05) is 19.5 Å². The van der Waals surface area contributed by atoms with Crippen molar-refractivity contribution in [3.63, 3.8) is 0 Å². The van der Waals surface area contributed by atoms with Gasteiger partial charge < -0.3 is 19.5 Å². The quantitative estimate of drug-likeness (QED) is 0.910. The zero-order chi connectivity index (χ0) is 14.9. The Labute approximate surface area is 116 Å². The standard InChI is InChI=1S/C14H17NO5/c1-8(16)15-5-4-10(14(17)18)11-6-9(19-2)7-12(20-3)13(11)15/h6-7,10H,4-5H2,1-3H3,(H,17,18). The van der Waals surface area contributed by atoms with Crippen LogP contribution >= 0.6 is 0 Å². The second-order valence-electron chi connectivity index (χ2n) is 4.62. The lowest BCUT2D eigenvalue weighted by Gasteiger charge is -2.33. The van der Waals surface area contributed by atoms with E-state index in [1.165, 1.54) is 21.1 Å². The first-order valence-electron chi connectivity index (χ1n) is 6.26. The summed E-state index contributed by atoms with van der Waals surface area (Å²) in [5, 5.41) is 9.35. The minimum atomic E-state index is -0.912. The number of carboxylic acid groups (broad SMARTS) is 1. The molecule has 6 heteroatoms. The number of anilines is 1. The van der Waals surface area contributed by atoms with Gasteiger partial charge in [-0.3, -0.25) is 9.59 Å². The van der Waals surface area contributed by atoms with E-state index in [0.29, 0.717) is 35.7 Å². The number of ether oxygens (including phenoxy) is 2. The topological polar surface area (TPSA) is 76.1 Å². The maximum atomic E-state index is 11.8. The molecule has 6 nitrogen and oxygen atoms in total. The van der Waals surface area contributed by atoms with Gasteiger partial charge in [0.05, 0.1) is 25.8 Å². The largest absolute Gasteiger partial charge is 0.497 e. The van der Waals surface area contributed by atoms with Gasteiger partial charge in [0.2, 0.25) is 5.91 Å². The van der Waals surface area contributed by atoms with E-state index >= 15 is 0 Å². The molecule has 0 saturated heterocycles. The van der Waals surface area contributed by atoms with Crippen molar-refractivity contribution < 1.29 is 24.2 Å². The van der Waals surface area contributed by atoms with Gasteiger partial charge in [-0.05, 0) is 18.1 Å². The van der Waals surface area contributed by atoms with Crippen LogP contribution in [-0.2, 0) is 9.59 Å². The van der Waals surface area contributed by atoms with E-state index in [1.807, 2.05) is 0 Å². The van der Waals surface area contributed by atoms with Crippen molar-refractivity contribution in [1.82, 2.24) is 0 Å². The molecule has 1 aliphatic rings. The van der Waals surface area contributed by atoms with Gasteiger partial charge in [-0.15, -0.1) is 0 Å². The molecule has 1 amide bonds. The molecule has 1 aromatic rings. The van der Waals surface area contributed by atoms with Gasteiger partial charge >= 0.3 is 5.97 Å². The summed E-state index contributed by atoms with van der Waals surface area (Å²) in [6.45, 7) is 1.82. The minimum Gasteiger partial charge on any atom is -0.497 e. The zero-order valence-electron chi connectivity index (χ0n) is 11.7. The molecule has 1 heterocycles. The number of methoxy groups -OCH3 is 2. The maximum Gasteiger partial charge on any atom is 0.311 e. The summed E-state index contributed by atoms with van der Waals surface area (Å²) in [4.78, 5) is 24.7. The van der Waals surface area contributed by atoms with Crippen molar-refractivity contribution in [2.75, 3.05) is 25.7 Å². The van der Waals surface area contributed by atoms with Crippen LogP contribution in [0.4, 0.5) is 5.69 Å². The molecule has 108 valence electrons. The highest BCUT2D eigenvalue weighted by atomic mass is 16.5. The van der Waals surface area contributed by atoms with E-state index in [-0.39, 0.29) is 5.91 Å². The summed E-state index contributed by atoms with van der Waals surface area (Å²) in [5.74, 6) is -0.759. The van der Waals surface area contributed by atoms with Crippen molar-refractivity contribution in [2.24, 2.45) is 0 Å². The average molecular weight is 279 g/mol. The normalized spacial score (nSPS) is 17.4. The third-order valence-corrected chi connectivity index (χ3v) is 3.50. The van der Waals surface area contributed by atoms with Gasteiger partial charge in [0.15, 0.2) is 0 Å². The lowest BCUT2D eigenvalue weighted by molar-refractivity contribution is -0.139. The number of rotatable bonds is 3.